The highest BCUT2D eigenvalue weighted by molar-refractivity contribution is 6.16. The highest BCUT2D eigenvalue weighted by atomic mass is 15.1. The summed E-state index contributed by atoms with van der Waals surface area (Å²) in [5, 5.41) is 2.64. The fourth-order valence-electron chi connectivity index (χ4n) is 11.5. The second kappa shape index (κ2) is 10.9. The molecule has 0 fully saturated rings. The molecule has 1 heteroatoms. The van der Waals surface area contributed by atoms with E-state index in [0.29, 0.717) is 0 Å². The largest absolute Gasteiger partial charge is 0.310 e. The van der Waals surface area contributed by atoms with Crippen molar-refractivity contribution in [2.75, 3.05) is 4.90 Å². The Morgan fingerprint density at radius 3 is 1.49 bits per heavy atom. The average Bonchev–Trinajstić information content (AvgIpc) is 3.93. The van der Waals surface area contributed by atoms with Crippen LogP contribution in [-0.4, -0.2) is 0 Å². The van der Waals surface area contributed by atoms with E-state index in [-0.39, 0.29) is 5.41 Å². The number of hydrogen-bond donors (Lipinski definition) is 0. The van der Waals surface area contributed by atoms with E-state index in [2.05, 4.69) is 207 Å². The van der Waals surface area contributed by atoms with E-state index in [1.165, 1.54) is 111 Å². The lowest BCUT2D eigenvalue weighted by Gasteiger charge is -2.32. The molecule has 1 spiro atoms. The summed E-state index contributed by atoms with van der Waals surface area (Å²) in [7, 11) is 0. The standard InChI is InChI=1S/C56H37N/c1-55(2)46-22-7-3-16-38(46)41-31-29-36(33-51(41)55)57(35-28-30-37-42-20-11-14-34-15-12-21-43(53(34)42)45(37)32-35)52-27-13-26-50-54(52)44-19-6-10-25-49(44)56(50)47-23-8-4-17-39(47)40-18-5-9-24-48(40)56/h3-33H,1-2H3. The molecular weight excluding hydrogens is 687 g/mol. The first-order chi connectivity index (χ1) is 28.0. The Balaban J connectivity index is 1.11. The molecule has 0 bridgehead atoms. The van der Waals surface area contributed by atoms with Gasteiger partial charge in [0, 0.05) is 22.4 Å². The number of anilines is 3. The third-order valence-electron chi connectivity index (χ3n) is 13.8. The third-order valence-corrected chi connectivity index (χ3v) is 13.8. The van der Waals surface area contributed by atoms with Gasteiger partial charge in [0.2, 0.25) is 0 Å². The van der Waals surface area contributed by atoms with Crippen LogP contribution in [0.2, 0.25) is 0 Å². The first kappa shape index (κ1) is 31.3. The Morgan fingerprint density at radius 1 is 0.333 bits per heavy atom. The van der Waals surface area contributed by atoms with Crippen molar-refractivity contribution >= 4 is 27.8 Å². The molecule has 0 radical (unpaired) electrons. The quantitative estimate of drug-likeness (QED) is 0.175. The van der Waals surface area contributed by atoms with Crippen molar-refractivity contribution in [2.45, 2.75) is 24.7 Å². The molecule has 266 valence electrons. The van der Waals surface area contributed by atoms with Gasteiger partial charge in [-0.3, -0.25) is 0 Å². The fraction of sp³-hybridized carbons (Fsp3) is 0.0714. The topological polar surface area (TPSA) is 3.24 Å². The molecule has 9 aromatic rings. The third kappa shape index (κ3) is 3.80. The summed E-state index contributed by atoms with van der Waals surface area (Å²) >= 11 is 0. The molecule has 0 saturated carbocycles. The molecule has 4 aliphatic rings. The number of rotatable bonds is 3. The zero-order valence-corrected chi connectivity index (χ0v) is 31.8. The maximum Gasteiger partial charge on any atom is 0.0726 e. The van der Waals surface area contributed by atoms with E-state index in [1.807, 2.05) is 0 Å². The van der Waals surface area contributed by atoms with Crippen LogP contribution in [0.1, 0.15) is 47.2 Å². The van der Waals surface area contributed by atoms with E-state index in [4.69, 9.17) is 0 Å². The monoisotopic (exact) mass is 723 g/mol. The minimum atomic E-state index is -0.419. The molecular formula is C56H37N. The molecule has 0 amide bonds. The maximum absolute atomic E-state index is 2.56. The summed E-state index contributed by atoms with van der Waals surface area (Å²) in [6.07, 6.45) is 0. The molecule has 0 aromatic heterocycles. The van der Waals surface area contributed by atoms with Gasteiger partial charge < -0.3 is 4.90 Å². The molecule has 0 unspecified atom stereocenters. The van der Waals surface area contributed by atoms with Crippen molar-refractivity contribution in [2.24, 2.45) is 0 Å². The van der Waals surface area contributed by atoms with Gasteiger partial charge in [-0.2, -0.15) is 0 Å². The molecule has 0 heterocycles. The molecule has 0 atom stereocenters. The lowest BCUT2D eigenvalue weighted by atomic mass is 9.70. The van der Waals surface area contributed by atoms with Gasteiger partial charge in [0.1, 0.15) is 0 Å². The van der Waals surface area contributed by atoms with Gasteiger partial charge in [0.25, 0.3) is 0 Å². The Labute approximate surface area is 333 Å². The van der Waals surface area contributed by atoms with E-state index in [1.54, 1.807) is 0 Å². The van der Waals surface area contributed by atoms with Gasteiger partial charge in [-0.25, -0.2) is 0 Å². The van der Waals surface area contributed by atoms with Gasteiger partial charge in [-0.05, 0) is 125 Å². The van der Waals surface area contributed by atoms with Crippen molar-refractivity contribution in [1.82, 2.24) is 0 Å². The van der Waals surface area contributed by atoms with Crippen LogP contribution in [0.15, 0.2) is 188 Å². The maximum atomic E-state index is 2.56. The Kier molecular flexibility index (Phi) is 5.96. The smallest absolute Gasteiger partial charge is 0.0726 e. The number of benzene rings is 9. The summed E-state index contributed by atoms with van der Waals surface area (Å²) in [6.45, 7) is 4.77. The van der Waals surface area contributed by atoms with Crippen LogP contribution in [-0.2, 0) is 10.8 Å². The van der Waals surface area contributed by atoms with Gasteiger partial charge in [0.05, 0.1) is 11.1 Å². The van der Waals surface area contributed by atoms with Crippen molar-refractivity contribution in [3.05, 3.63) is 221 Å². The first-order valence-electron chi connectivity index (χ1n) is 20.2. The van der Waals surface area contributed by atoms with Crippen LogP contribution in [0.3, 0.4) is 0 Å². The Bertz CT molecular complexity index is 3180. The minimum Gasteiger partial charge on any atom is -0.310 e. The fourth-order valence-corrected chi connectivity index (χ4v) is 11.5. The number of fused-ring (bicyclic) bond motifs is 16. The second-order valence-electron chi connectivity index (χ2n) is 16.8. The second-order valence-corrected chi connectivity index (χ2v) is 16.8. The van der Waals surface area contributed by atoms with Gasteiger partial charge in [0.15, 0.2) is 0 Å². The Morgan fingerprint density at radius 2 is 0.807 bits per heavy atom. The highest BCUT2D eigenvalue weighted by Crippen LogP contribution is 2.65. The molecule has 9 aromatic carbocycles. The predicted molar refractivity (Wildman–Crippen MR) is 237 cm³/mol. The van der Waals surface area contributed by atoms with E-state index in [9.17, 15) is 0 Å². The number of nitrogens with zero attached hydrogens (tertiary/aromatic N) is 1. The van der Waals surface area contributed by atoms with Crippen LogP contribution in [0, 0.1) is 0 Å². The van der Waals surface area contributed by atoms with Crippen LogP contribution >= 0.6 is 0 Å². The summed E-state index contributed by atoms with van der Waals surface area (Å²) in [5.74, 6) is 0. The average molecular weight is 724 g/mol. The summed E-state index contributed by atoms with van der Waals surface area (Å²) in [4.78, 5) is 2.56. The van der Waals surface area contributed by atoms with Crippen LogP contribution in [0.4, 0.5) is 17.1 Å². The van der Waals surface area contributed by atoms with Crippen LogP contribution < -0.4 is 4.90 Å². The summed E-state index contributed by atoms with van der Waals surface area (Å²) in [6, 6.07) is 71.2. The van der Waals surface area contributed by atoms with Crippen molar-refractivity contribution < 1.29 is 0 Å². The lowest BCUT2D eigenvalue weighted by molar-refractivity contribution is 0.660. The van der Waals surface area contributed by atoms with Crippen molar-refractivity contribution in [3.8, 4) is 55.6 Å². The van der Waals surface area contributed by atoms with E-state index < -0.39 is 5.41 Å². The SMILES string of the molecule is CC1(C)c2ccccc2-c2ccc(N(c3ccc4c(c3)-c3cccc5cccc-4c35)c3cccc4c3-c3ccccc3C43c4ccccc4-c4ccccc43)cc21. The van der Waals surface area contributed by atoms with Crippen LogP contribution in [0.5, 0.6) is 0 Å². The summed E-state index contributed by atoms with van der Waals surface area (Å²) in [5.41, 5.74) is 24.3. The molecule has 0 aliphatic heterocycles. The zero-order valence-electron chi connectivity index (χ0n) is 31.8. The molecule has 57 heavy (non-hydrogen) atoms. The normalized spacial score (nSPS) is 14.8. The van der Waals surface area contributed by atoms with Crippen molar-refractivity contribution in [3.63, 3.8) is 0 Å². The van der Waals surface area contributed by atoms with Gasteiger partial charge >= 0.3 is 0 Å². The van der Waals surface area contributed by atoms with Crippen LogP contribution in [0.25, 0.3) is 66.4 Å². The first-order valence-corrected chi connectivity index (χ1v) is 20.2. The molecule has 0 N–H and O–H groups in total. The number of hydrogen-bond acceptors (Lipinski definition) is 1. The highest BCUT2D eigenvalue weighted by Gasteiger charge is 2.52. The van der Waals surface area contributed by atoms with Gasteiger partial charge in [-0.15, -0.1) is 0 Å². The van der Waals surface area contributed by atoms with E-state index >= 15 is 0 Å². The predicted octanol–water partition coefficient (Wildman–Crippen LogP) is 14.6. The Hall–Kier alpha value is -6.96. The molecule has 0 saturated heterocycles. The molecule has 13 rings (SSSR count). The molecule has 4 aliphatic carbocycles. The zero-order chi connectivity index (χ0) is 37.6. The lowest BCUT2D eigenvalue weighted by Crippen LogP contribution is -2.26. The molecule has 1 nitrogen and oxygen atoms in total. The van der Waals surface area contributed by atoms with Gasteiger partial charge in [-0.1, -0.05) is 172 Å². The minimum absolute atomic E-state index is 0.130. The van der Waals surface area contributed by atoms with Crippen molar-refractivity contribution in [1.29, 1.82) is 0 Å². The summed E-state index contributed by atoms with van der Waals surface area (Å²) < 4.78 is 0. The van der Waals surface area contributed by atoms with E-state index in [0.717, 1.165) is 5.69 Å².